The molecule has 3 rings (SSSR count). The van der Waals surface area contributed by atoms with Crippen LogP contribution in [0.2, 0.25) is 0 Å². The van der Waals surface area contributed by atoms with Gasteiger partial charge in [-0.05, 0) is 54.0 Å². The first-order valence-electron chi connectivity index (χ1n) is 8.42. The lowest BCUT2D eigenvalue weighted by atomic mass is 10.1. The maximum absolute atomic E-state index is 5.93. The summed E-state index contributed by atoms with van der Waals surface area (Å²) in [4.78, 5) is 0. The highest BCUT2D eigenvalue weighted by Crippen LogP contribution is 2.35. The predicted octanol–water partition coefficient (Wildman–Crippen LogP) is 5.40. The van der Waals surface area contributed by atoms with Crippen molar-refractivity contribution in [3.05, 3.63) is 59.7 Å². The molecule has 0 unspecified atom stereocenters. The number of aryl methyl sites for hydroxylation is 1. The molecule has 0 amide bonds. The number of ether oxygens (including phenoxy) is 2. The minimum atomic E-state index is 0.561. The van der Waals surface area contributed by atoms with Gasteiger partial charge in [0.1, 0.15) is 6.61 Å². The van der Waals surface area contributed by atoms with Gasteiger partial charge in [0.25, 0.3) is 0 Å². The van der Waals surface area contributed by atoms with Gasteiger partial charge in [-0.15, -0.1) is 23.5 Å². The molecule has 4 heteroatoms. The zero-order valence-electron chi connectivity index (χ0n) is 14.1. The molecule has 2 aromatic rings. The fourth-order valence-corrected chi connectivity index (χ4v) is 5.57. The Morgan fingerprint density at radius 1 is 0.958 bits per heavy atom. The van der Waals surface area contributed by atoms with Gasteiger partial charge >= 0.3 is 0 Å². The van der Waals surface area contributed by atoms with E-state index in [0.717, 1.165) is 28.1 Å². The molecule has 2 nitrogen and oxygen atoms in total. The Hall–Kier alpha value is -1.26. The van der Waals surface area contributed by atoms with E-state index in [4.69, 9.17) is 9.47 Å². The third-order valence-corrected chi connectivity index (χ3v) is 7.11. The molecule has 0 radical (unpaired) electrons. The maximum atomic E-state index is 5.93. The summed E-state index contributed by atoms with van der Waals surface area (Å²) in [5.74, 6) is 4.26. The Morgan fingerprint density at radius 3 is 2.50 bits per heavy atom. The fraction of sp³-hybridized carbons (Fsp3) is 0.400. The summed E-state index contributed by atoms with van der Waals surface area (Å²) in [7, 11) is 1.71. The van der Waals surface area contributed by atoms with Crippen LogP contribution in [0.25, 0.3) is 0 Å². The summed E-state index contributed by atoms with van der Waals surface area (Å²) < 4.78 is 12.2. The number of rotatable bonds is 7. The zero-order valence-corrected chi connectivity index (χ0v) is 15.7. The quantitative estimate of drug-likeness (QED) is 0.657. The molecule has 128 valence electrons. The van der Waals surface area contributed by atoms with Crippen molar-refractivity contribution in [1.82, 2.24) is 0 Å². The number of thioether (sulfide) groups is 2. The van der Waals surface area contributed by atoms with Gasteiger partial charge in [0, 0.05) is 0 Å². The molecule has 2 aromatic carbocycles. The third-order valence-electron chi connectivity index (χ3n) is 4.03. The van der Waals surface area contributed by atoms with Crippen molar-refractivity contribution in [2.75, 3.05) is 18.6 Å². The normalized spacial score (nSPS) is 15.2. The van der Waals surface area contributed by atoms with Crippen LogP contribution in [-0.4, -0.2) is 23.2 Å². The van der Waals surface area contributed by atoms with Crippen molar-refractivity contribution in [3.63, 3.8) is 0 Å². The van der Waals surface area contributed by atoms with E-state index in [-0.39, 0.29) is 0 Å². The first-order chi connectivity index (χ1) is 11.8. The van der Waals surface area contributed by atoms with E-state index in [2.05, 4.69) is 47.8 Å². The molecule has 1 fully saturated rings. The van der Waals surface area contributed by atoms with E-state index >= 15 is 0 Å². The standard InChI is InChI=1S/C20H24O2S2/c1-21-19-14-16(9-11-20-23-12-5-13-24-20)8-10-18(19)22-15-17-6-3-2-4-7-17/h2-4,6-8,10,14,20H,5,9,11-13,15H2,1H3. The molecule has 0 atom stereocenters. The van der Waals surface area contributed by atoms with Gasteiger partial charge in [-0.3, -0.25) is 0 Å². The van der Waals surface area contributed by atoms with Crippen LogP contribution in [0.15, 0.2) is 48.5 Å². The van der Waals surface area contributed by atoms with Crippen LogP contribution < -0.4 is 9.47 Å². The second-order valence-corrected chi connectivity index (χ2v) is 8.74. The number of benzene rings is 2. The summed E-state index contributed by atoms with van der Waals surface area (Å²) in [5.41, 5.74) is 2.49. The maximum Gasteiger partial charge on any atom is 0.161 e. The summed E-state index contributed by atoms with van der Waals surface area (Å²) in [5, 5.41) is 0. The van der Waals surface area contributed by atoms with Gasteiger partial charge in [-0.1, -0.05) is 36.4 Å². The highest BCUT2D eigenvalue weighted by Gasteiger charge is 2.15. The van der Waals surface area contributed by atoms with Crippen molar-refractivity contribution in [3.8, 4) is 11.5 Å². The number of hydrogen-bond acceptors (Lipinski definition) is 4. The Kier molecular flexibility index (Phi) is 6.79. The lowest BCUT2D eigenvalue weighted by molar-refractivity contribution is 0.284. The average Bonchev–Trinajstić information content (AvgIpc) is 2.66. The van der Waals surface area contributed by atoms with Crippen LogP contribution in [0.1, 0.15) is 24.0 Å². The van der Waals surface area contributed by atoms with Gasteiger partial charge < -0.3 is 9.47 Å². The van der Waals surface area contributed by atoms with E-state index in [1.54, 1.807) is 7.11 Å². The van der Waals surface area contributed by atoms with Gasteiger partial charge in [0.05, 0.1) is 11.7 Å². The summed E-state index contributed by atoms with van der Waals surface area (Å²) >= 11 is 4.22. The number of methoxy groups -OCH3 is 1. The van der Waals surface area contributed by atoms with Crippen molar-refractivity contribution < 1.29 is 9.47 Å². The second-order valence-electron chi connectivity index (χ2n) is 5.82. The largest absolute Gasteiger partial charge is 0.493 e. The van der Waals surface area contributed by atoms with Crippen molar-refractivity contribution >= 4 is 23.5 Å². The molecule has 0 bridgehead atoms. The first kappa shape index (κ1) is 17.6. The van der Waals surface area contributed by atoms with Gasteiger partial charge in [-0.25, -0.2) is 0 Å². The van der Waals surface area contributed by atoms with Gasteiger partial charge in [-0.2, -0.15) is 0 Å². The second kappa shape index (κ2) is 9.28. The van der Waals surface area contributed by atoms with Crippen LogP contribution in [0.3, 0.4) is 0 Å². The highest BCUT2D eigenvalue weighted by molar-refractivity contribution is 8.17. The molecule has 0 saturated carbocycles. The SMILES string of the molecule is COc1cc(CCC2SCCCS2)ccc1OCc1ccccc1. The molecule has 0 N–H and O–H groups in total. The average molecular weight is 361 g/mol. The van der Waals surface area contributed by atoms with E-state index in [0.29, 0.717) is 6.61 Å². The Morgan fingerprint density at radius 2 is 1.75 bits per heavy atom. The lowest BCUT2D eigenvalue weighted by Gasteiger charge is -2.20. The van der Waals surface area contributed by atoms with Crippen LogP contribution in [-0.2, 0) is 13.0 Å². The highest BCUT2D eigenvalue weighted by atomic mass is 32.2. The number of hydrogen-bond donors (Lipinski definition) is 0. The predicted molar refractivity (Wildman–Crippen MR) is 105 cm³/mol. The lowest BCUT2D eigenvalue weighted by Crippen LogP contribution is -2.07. The fourth-order valence-electron chi connectivity index (χ4n) is 2.71. The first-order valence-corrected chi connectivity index (χ1v) is 10.5. The smallest absolute Gasteiger partial charge is 0.161 e. The summed E-state index contributed by atoms with van der Waals surface area (Å²) in [6.07, 6.45) is 3.68. The Labute approximate surface area is 153 Å². The van der Waals surface area contributed by atoms with Crippen molar-refractivity contribution in [2.24, 2.45) is 0 Å². The van der Waals surface area contributed by atoms with Crippen molar-refractivity contribution in [2.45, 2.75) is 30.5 Å². The molecular formula is C20H24O2S2. The van der Waals surface area contributed by atoms with Crippen LogP contribution in [0.5, 0.6) is 11.5 Å². The molecule has 1 aliphatic heterocycles. The van der Waals surface area contributed by atoms with E-state index < -0.39 is 0 Å². The summed E-state index contributed by atoms with van der Waals surface area (Å²) in [6, 6.07) is 16.5. The molecule has 1 heterocycles. The molecule has 0 spiro atoms. The molecule has 1 saturated heterocycles. The van der Waals surface area contributed by atoms with Crippen LogP contribution in [0.4, 0.5) is 0 Å². The monoisotopic (exact) mass is 360 g/mol. The Balaban J connectivity index is 1.57. The molecule has 0 aromatic heterocycles. The molecular weight excluding hydrogens is 336 g/mol. The van der Waals surface area contributed by atoms with Crippen LogP contribution >= 0.6 is 23.5 Å². The minimum Gasteiger partial charge on any atom is -0.493 e. The summed E-state index contributed by atoms with van der Waals surface area (Å²) in [6.45, 7) is 0.561. The molecule has 1 aliphatic rings. The minimum absolute atomic E-state index is 0.561. The van der Waals surface area contributed by atoms with Gasteiger partial charge in [0.2, 0.25) is 0 Å². The van der Waals surface area contributed by atoms with E-state index in [1.807, 2.05) is 24.3 Å². The van der Waals surface area contributed by atoms with Crippen LogP contribution in [0, 0.1) is 0 Å². The zero-order chi connectivity index (χ0) is 16.6. The van der Waals surface area contributed by atoms with Crippen molar-refractivity contribution in [1.29, 1.82) is 0 Å². The Bertz CT molecular complexity index is 625. The van der Waals surface area contributed by atoms with E-state index in [9.17, 15) is 0 Å². The van der Waals surface area contributed by atoms with E-state index in [1.165, 1.54) is 29.9 Å². The molecule has 24 heavy (non-hydrogen) atoms. The van der Waals surface area contributed by atoms with Gasteiger partial charge in [0.15, 0.2) is 11.5 Å². The molecule has 0 aliphatic carbocycles. The third kappa shape index (κ3) is 5.12. The topological polar surface area (TPSA) is 18.5 Å².